The van der Waals surface area contributed by atoms with Crippen molar-refractivity contribution in [1.82, 2.24) is 10.6 Å². The van der Waals surface area contributed by atoms with Crippen molar-refractivity contribution < 1.29 is 14.7 Å². The van der Waals surface area contributed by atoms with Gasteiger partial charge in [-0.1, -0.05) is 0 Å². The average Bonchev–Trinajstić information content (AvgIpc) is 2.77. The SMILES string of the molecule is CC(C)(NC(=O)C1CC2CCC1N2)C(=O)O. The number of nitrogens with one attached hydrogen (secondary N) is 2. The van der Waals surface area contributed by atoms with Gasteiger partial charge < -0.3 is 15.7 Å². The third-order valence-corrected chi connectivity index (χ3v) is 3.61. The molecule has 16 heavy (non-hydrogen) atoms. The summed E-state index contributed by atoms with van der Waals surface area (Å²) in [5.41, 5.74) is -1.18. The minimum atomic E-state index is -1.18. The Labute approximate surface area is 94.6 Å². The fourth-order valence-corrected chi connectivity index (χ4v) is 2.57. The molecule has 2 aliphatic heterocycles. The Hall–Kier alpha value is -1.10. The standard InChI is InChI=1S/C11H18N2O3/c1-11(2,10(15)16)13-9(14)7-5-6-3-4-8(7)12-6/h6-8,12H,3-5H2,1-2H3,(H,13,14)(H,15,16). The molecule has 0 radical (unpaired) electrons. The van der Waals surface area contributed by atoms with E-state index in [0.717, 1.165) is 19.3 Å². The van der Waals surface area contributed by atoms with Crippen LogP contribution in [-0.2, 0) is 9.59 Å². The molecule has 0 saturated carbocycles. The second-order valence-electron chi connectivity index (χ2n) is 5.31. The molecular formula is C11H18N2O3. The van der Waals surface area contributed by atoms with Gasteiger partial charge in [-0.2, -0.15) is 0 Å². The zero-order valence-electron chi connectivity index (χ0n) is 9.62. The number of hydrogen-bond acceptors (Lipinski definition) is 3. The molecule has 0 aromatic rings. The predicted molar refractivity (Wildman–Crippen MR) is 57.9 cm³/mol. The number of hydrogen-bond donors (Lipinski definition) is 3. The van der Waals surface area contributed by atoms with Crippen LogP contribution in [0.15, 0.2) is 0 Å². The summed E-state index contributed by atoms with van der Waals surface area (Å²) in [5, 5.41) is 14.9. The zero-order valence-corrected chi connectivity index (χ0v) is 9.62. The maximum atomic E-state index is 11.9. The highest BCUT2D eigenvalue weighted by molar-refractivity contribution is 5.88. The number of amides is 1. The normalized spacial score (nSPS) is 32.8. The molecule has 3 N–H and O–H groups in total. The molecule has 0 aromatic carbocycles. The molecule has 5 nitrogen and oxygen atoms in total. The molecule has 2 aliphatic rings. The molecule has 2 rings (SSSR count). The molecule has 3 unspecified atom stereocenters. The Morgan fingerprint density at radius 1 is 1.38 bits per heavy atom. The van der Waals surface area contributed by atoms with Gasteiger partial charge in [-0.25, -0.2) is 4.79 Å². The maximum absolute atomic E-state index is 11.9. The molecule has 90 valence electrons. The molecule has 0 aliphatic carbocycles. The van der Waals surface area contributed by atoms with Gasteiger partial charge in [0, 0.05) is 12.1 Å². The van der Waals surface area contributed by atoms with Crippen molar-refractivity contribution in [2.45, 2.75) is 50.7 Å². The topological polar surface area (TPSA) is 78.4 Å². The average molecular weight is 226 g/mol. The van der Waals surface area contributed by atoms with Crippen molar-refractivity contribution in [2.24, 2.45) is 5.92 Å². The Balaban J connectivity index is 1.96. The first-order valence-corrected chi connectivity index (χ1v) is 5.71. The third kappa shape index (κ3) is 1.91. The van der Waals surface area contributed by atoms with Crippen LogP contribution in [0, 0.1) is 5.92 Å². The van der Waals surface area contributed by atoms with E-state index in [2.05, 4.69) is 10.6 Å². The van der Waals surface area contributed by atoms with E-state index in [9.17, 15) is 9.59 Å². The van der Waals surface area contributed by atoms with Gasteiger partial charge in [0.05, 0.1) is 5.92 Å². The molecule has 5 heteroatoms. The second-order valence-corrected chi connectivity index (χ2v) is 5.31. The van der Waals surface area contributed by atoms with Gasteiger partial charge in [0.1, 0.15) is 5.54 Å². The van der Waals surface area contributed by atoms with Crippen LogP contribution in [0.5, 0.6) is 0 Å². The summed E-state index contributed by atoms with van der Waals surface area (Å²) in [6.07, 6.45) is 3.00. The summed E-state index contributed by atoms with van der Waals surface area (Å²) in [4.78, 5) is 22.8. The van der Waals surface area contributed by atoms with Crippen molar-refractivity contribution in [3.8, 4) is 0 Å². The molecule has 2 saturated heterocycles. The summed E-state index contributed by atoms with van der Waals surface area (Å²) in [5.74, 6) is -1.19. The Kier molecular flexibility index (Phi) is 2.66. The van der Waals surface area contributed by atoms with Gasteiger partial charge in [-0.05, 0) is 33.1 Å². The summed E-state index contributed by atoms with van der Waals surface area (Å²) < 4.78 is 0. The van der Waals surface area contributed by atoms with E-state index in [0.29, 0.717) is 6.04 Å². The zero-order chi connectivity index (χ0) is 11.9. The number of carboxylic acid groups (broad SMARTS) is 1. The lowest BCUT2D eigenvalue weighted by molar-refractivity contribution is -0.146. The molecular weight excluding hydrogens is 208 g/mol. The van der Waals surface area contributed by atoms with E-state index in [1.807, 2.05) is 0 Å². The number of carbonyl (C=O) groups excluding carboxylic acids is 1. The van der Waals surface area contributed by atoms with Crippen LogP contribution in [0.4, 0.5) is 0 Å². The quantitative estimate of drug-likeness (QED) is 0.638. The van der Waals surface area contributed by atoms with Crippen molar-refractivity contribution >= 4 is 11.9 Å². The molecule has 0 aromatic heterocycles. The van der Waals surface area contributed by atoms with Gasteiger partial charge in [0.15, 0.2) is 0 Å². The van der Waals surface area contributed by atoms with Crippen molar-refractivity contribution in [2.75, 3.05) is 0 Å². The molecule has 2 bridgehead atoms. The van der Waals surface area contributed by atoms with Crippen molar-refractivity contribution in [1.29, 1.82) is 0 Å². The second kappa shape index (κ2) is 3.73. The van der Waals surface area contributed by atoms with E-state index in [4.69, 9.17) is 5.11 Å². The summed E-state index contributed by atoms with van der Waals surface area (Å²) in [7, 11) is 0. The number of aliphatic carboxylic acids is 1. The Morgan fingerprint density at radius 3 is 2.50 bits per heavy atom. The minimum absolute atomic E-state index is 0.0580. The fourth-order valence-electron chi connectivity index (χ4n) is 2.57. The van der Waals surface area contributed by atoms with Crippen LogP contribution < -0.4 is 10.6 Å². The summed E-state index contributed by atoms with van der Waals surface area (Å²) >= 11 is 0. The summed E-state index contributed by atoms with van der Waals surface area (Å²) in [6, 6.07) is 0.697. The highest BCUT2D eigenvalue weighted by Crippen LogP contribution is 2.33. The Bertz CT molecular complexity index is 327. The van der Waals surface area contributed by atoms with E-state index < -0.39 is 11.5 Å². The van der Waals surface area contributed by atoms with Gasteiger partial charge in [0.2, 0.25) is 5.91 Å². The van der Waals surface area contributed by atoms with Crippen LogP contribution in [-0.4, -0.2) is 34.6 Å². The van der Waals surface area contributed by atoms with E-state index in [-0.39, 0.29) is 17.9 Å². The lowest BCUT2D eigenvalue weighted by Gasteiger charge is -2.26. The maximum Gasteiger partial charge on any atom is 0.328 e. The lowest BCUT2D eigenvalue weighted by atomic mass is 9.88. The van der Waals surface area contributed by atoms with Crippen LogP contribution in [0.1, 0.15) is 33.1 Å². The van der Waals surface area contributed by atoms with Gasteiger partial charge in [-0.3, -0.25) is 4.79 Å². The first-order chi connectivity index (χ1) is 7.40. The van der Waals surface area contributed by atoms with Crippen molar-refractivity contribution in [3.05, 3.63) is 0 Å². The lowest BCUT2D eigenvalue weighted by Crippen LogP contribution is -2.53. The van der Waals surface area contributed by atoms with Crippen LogP contribution >= 0.6 is 0 Å². The van der Waals surface area contributed by atoms with E-state index >= 15 is 0 Å². The van der Waals surface area contributed by atoms with Crippen LogP contribution in [0.2, 0.25) is 0 Å². The molecule has 2 heterocycles. The highest BCUT2D eigenvalue weighted by atomic mass is 16.4. The summed E-state index contributed by atoms with van der Waals surface area (Å²) in [6.45, 7) is 3.02. The number of fused-ring (bicyclic) bond motifs is 2. The van der Waals surface area contributed by atoms with Crippen LogP contribution in [0.25, 0.3) is 0 Å². The predicted octanol–water partition coefficient (Wildman–Crippen LogP) is 0.106. The molecule has 0 spiro atoms. The van der Waals surface area contributed by atoms with Gasteiger partial charge in [0.25, 0.3) is 0 Å². The fraction of sp³-hybridized carbons (Fsp3) is 0.818. The Morgan fingerprint density at radius 2 is 2.06 bits per heavy atom. The minimum Gasteiger partial charge on any atom is -0.480 e. The first kappa shape index (κ1) is 11.4. The number of carboxylic acids is 1. The molecule has 2 fully saturated rings. The van der Waals surface area contributed by atoms with Gasteiger partial charge in [-0.15, -0.1) is 0 Å². The van der Waals surface area contributed by atoms with Gasteiger partial charge >= 0.3 is 5.97 Å². The van der Waals surface area contributed by atoms with E-state index in [1.165, 1.54) is 13.8 Å². The first-order valence-electron chi connectivity index (χ1n) is 5.71. The highest BCUT2D eigenvalue weighted by Gasteiger charge is 2.44. The smallest absolute Gasteiger partial charge is 0.328 e. The number of rotatable bonds is 3. The molecule has 3 atom stereocenters. The monoisotopic (exact) mass is 226 g/mol. The largest absolute Gasteiger partial charge is 0.480 e. The van der Waals surface area contributed by atoms with Crippen LogP contribution in [0.3, 0.4) is 0 Å². The molecule has 1 amide bonds. The number of carbonyl (C=O) groups is 2. The third-order valence-electron chi connectivity index (χ3n) is 3.61. The van der Waals surface area contributed by atoms with Crippen molar-refractivity contribution in [3.63, 3.8) is 0 Å². The van der Waals surface area contributed by atoms with E-state index in [1.54, 1.807) is 0 Å².